The Morgan fingerprint density at radius 2 is 1.75 bits per heavy atom. The van der Waals surface area contributed by atoms with Gasteiger partial charge in [-0.2, -0.15) is 0 Å². The minimum atomic E-state index is 0.834. The van der Waals surface area contributed by atoms with Crippen molar-refractivity contribution in [2.45, 2.75) is 19.6 Å². The van der Waals surface area contributed by atoms with Gasteiger partial charge in [0.15, 0.2) is 0 Å². The van der Waals surface area contributed by atoms with Crippen LogP contribution < -0.4 is 4.74 Å². The second kappa shape index (κ2) is 7.79. The van der Waals surface area contributed by atoms with Crippen molar-refractivity contribution in [1.82, 2.24) is 14.5 Å². The monoisotopic (exact) mass is 321 g/mol. The van der Waals surface area contributed by atoms with Crippen LogP contribution in [0.15, 0.2) is 67.1 Å². The molecule has 0 bridgehead atoms. The van der Waals surface area contributed by atoms with Gasteiger partial charge in [-0.05, 0) is 18.7 Å². The first kappa shape index (κ1) is 16.3. The van der Waals surface area contributed by atoms with Crippen molar-refractivity contribution in [3.8, 4) is 5.75 Å². The van der Waals surface area contributed by atoms with Gasteiger partial charge in [0.2, 0.25) is 0 Å². The van der Waals surface area contributed by atoms with Crippen LogP contribution in [0.1, 0.15) is 16.8 Å². The summed E-state index contributed by atoms with van der Waals surface area (Å²) in [6.45, 7) is 2.52. The van der Waals surface area contributed by atoms with E-state index in [1.807, 2.05) is 36.8 Å². The van der Waals surface area contributed by atoms with E-state index in [-0.39, 0.29) is 0 Å². The standard InChI is InChI=1S/C20H23N3O/c1-22(14-18-10-6-7-11-20(18)24-2)15-19-12-21-16-23(19)13-17-8-4-3-5-9-17/h3-12,16H,13-15H2,1-2H3. The first-order valence-corrected chi connectivity index (χ1v) is 8.09. The lowest BCUT2D eigenvalue weighted by molar-refractivity contribution is 0.302. The molecule has 0 fully saturated rings. The third-order valence-corrected chi connectivity index (χ3v) is 4.06. The van der Waals surface area contributed by atoms with Gasteiger partial charge in [0.05, 0.1) is 19.1 Å². The summed E-state index contributed by atoms with van der Waals surface area (Å²) in [5.41, 5.74) is 3.68. The summed E-state index contributed by atoms with van der Waals surface area (Å²) in [7, 11) is 3.83. The lowest BCUT2D eigenvalue weighted by Crippen LogP contribution is -2.20. The van der Waals surface area contributed by atoms with E-state index < -0.39 is 0 Å². The quantitative estimate of drug-likeness (QED) is 0.666. The third kappa shape index (κ3) is 4.03. The first-order chi connectivity index (χ1) is 11.8. The van der Waals surface area contributed by atoms with E-state index in [4.69, 9.17) is 4.74 Å². The number of rotatable bonds is 7. The van der Waals surface area contributed by atoms with Gasteiger partial charge < -0.3 is 9.30 Å². The van der Waals surface area contributed by atoms with Gasteiger partial charge in [-0.3, -0.25) is 4.90 Å². The van der Waals surface area contributed by atoms with Crippen molar-refractivity contribution in [2.24, 2.45) is 0 Å². The number of nitrogens with zero attached hydrogens (tertiary/aromatic N) is 3. The number of hydrogen-bond donors (Lipinski definition) is 0. The maximum Gasteiger partial charge on any atom is 0.123 e. The Morgan fingerprint density at radius 3 is 2.54 bits per heavy atom. The SMILES string of the molecule is COc1ccccc1CN(C)Cc1cncn1Cc1ccccc1. The smallest absolute Gasteiger partial charge is 0.123 e. The van der Waals surface area contributed by atoms with Crippen LogP contribution in [0.2, 0.25) is 0 Å². The molecule has 0 radical (unpaired) electrons. The van der Waals surface area contributed by atoms with Gasteiger partial charge in [-0.25, -0.2) is 4.98 Å². The lowest BCUT2D eigenvalue weighted by atomic mass is 10.2. The van der Waals surface area contributed by atoms with Crippen molar-refractivity contribution in [2.75, 3.05) is 14.2 Å². The Hall–Kier alpha value is -2.59. The van der Waals surface area contributed by atoms with Gasteiger partial charge in [0, 0.05) is 31.4 Å². The molecule has 3 aromatic rings. The van der Waals surface area contributed by atoms with Gasteiger partial charge in [-0.1, -0.05) is 48.5 Å². The maximum absolute atomic E-state index is 5.44. The van der Waals surface area contributed by atoms with Gasteiger partial charge in [-0.15, -0.1) is 0 Å². The third-order valence-electron chi connectivity index (χ3n) is 4.06. The van der Waals surface area contributed by atoms with Crippen molar-refractivity contribution >= 4 is 0 Å². The van der Waals surface area contributed by atoms with E-state index in [0.717, 1.165) is 25.4 Å². The van der Waals surface area contributed by atoms with Crippen molar-refractivity contribution < 1.29 is 4.74 Å². The van der Waals surface area contributed by atoms with Gasteiger partial charge in [0.1, 0.15) is 5.75 Å². The molecule has 0 saturated carbocycles. The first-order valence-electron chi connectivity index (χ1n) is 8.09. The fraction of sp³-hybridized carbons (Fsp3) is 0.250. The van der Waals surface area contributed by atoms with E-state index in [0.29, 0.717) is 0 Å². The zero-order valence-corrected chi connectivity index (χ0v) is 14.2. The summed E-state index contributed by atoms with van der Waals surface area (Å²) in [5, 5.41) is 0. The molecular weight excluding hydrogens is 298 g/mol. The number of para-hydroxylation sites is 1. The van der Waals surface area contributed by atoms with Crippen molar-refractivity contribution in [3.05, 3.63) is 83.9 Å². The van der Waals surface area contributed by atoms with Crippen LogP contribution in [0.25, 0.3) is 0 Å². The van der Waals surface area contributed by atoms with Crippen molar-refractivity contribution in [1.29, 1.82) is 0 Å². The molecular formula is C20H23N3O. The summed E-state index contributed by atoms with van der Waals surface area (Å²) < 4.78 is 7.64. The number of imidazole rings is 1. The van der Waals surface area contributed by atoms with E-state index in [2.05, 4.69) is 51.8 Å². The number of methoxy groups -OCH3 is 1. The van der Waals surface area contributed by atoms with E-state index in [9.17, 15) is 0 Å². The Morgan fingerprint density at radius 1 is 1.00 bits per heavy atom. The molecule has 124 valence electrons. The highest BCUT2D eigenvalue weighted by atomic mass is 16.5. The van der Waals surface area contributed by atoms with Crippen LogP contribution in [0.5, 0.6) is 5.75 Å². The maximum atomic E-state index is 5.44. The molecule has 0 N–H and O–H groups in total. The molecule has 0 aliphatic rings. The predicted octanol–water partition coefficient (Wildman–Crippen LogP) is 3.57. The normalized spacial score (nSPS) is 11.0. The highest BCUT2D eigenvalue weighted by molar-refractivity contribution is 5.33. The van der Waals surface area contributed by atoms with E-state index in [1.54, 1.807) is 7.11 Å². The molecule has 1 aromatic heterocycles. The molecule has 3 rings (SSSR count). The topological polar surface area (TPSA) is 30.3 Å². The van der Waals surface area contributed by atoms with Gasteiger partial charge in [0.25, 0.3) is 0 Å². The minimum absolute atomic E-state index is 0.834. The summed E-state index contributed by atoms with van der Waals surface area (Å²) in [6.07, 6.45) is 3.85. The summed E-state index contributed by atoms with van der Waals surface area (Å²) in [6, 6.07) is 18.6. The number of hydrogen-bond acceptors (Lipinski definition) is 3. The average Bonchev–Trinajstić information content (AvgIpc) is 3.03. The molecule has 1 heterocycles. The fourth-order valence-corrected chi connectivity index (χ4v) is 2.86. The van der Waals surface area contributed by atoms with Crippen LogP contribution in [-0.2, 0) is 19.6 Å². The van der Waals surface area contributed by atoms with Gasteiger partial charge >= 0.3 is 0 Å². The second-order valence-corrected chi connectivity index (χ2v) is 5.98. The summed E-state index contributed by atoms with van der Waals surface area (Å²) >= 11 is 0. The summed E-state index contributed by atoms with van der Waals surface area (Å²) in [5.74, 6) is 0.933. The van der Waals surface area contributed by atoms with Crippen LogP contribution in [0.3, 0.4) is 0 Å². The Labute approximate surface area is 143 Å². The Balaban J connectivity index is 1.67. The van der Waals surface area contributed by atoms with Crippen LogP contribution >= 0.6 is 0 Å². The number of benzene rings is 2. The molecule has 24 heavy (non-hydrogen) atoms. The largest absolute Gasteiger partial charge is 0.496 e. The number of aromatic nitrogens is 2. The molecule has 2 aromatic carbocycles. The minimum Gasteiger partial charge on any atom is -0.496 e. The highest BCUT2D eigenvalue weighted by Crippen LogP contribution is 2.19. The zero-order chi connectivity index (χ0) is 16.8. The molecule has 0 amide bonds. The predicted molar refractivity (Wildman–Crippen MR) is 95.9 cm³/mol. The highest BCUT2D eigenvalue weighted by Gasteiger charge is 2.09. The van der Waals surface area contributed by atoms with Crippen LogP contribution in [0, 0.1) is 0 Å². The molecule has 0 unspecified atom stereocenters. The Bertz CT molecular complexity index is 767. The zero-order valence-electron chi connectivity index (χ0n) is 14.2. The van der Waals surface area contributed by atoms with Crippen LogP contribution in [0.4, 0.5) is 0 Å². The molecule has 4 heteroatoms. The van der Waals surface area contributed by atoms with Crippen LogP contribution in [-0.4, -0.2) is 28.6 Å². The second-order valence-electron chi connectivity index (χ2n) is 5.98. The molecule has 0 saturated heterocycles. The fourth-order valence-electron chi connectivity index (χ4n) is 2.86. The molecule has 4 nitrogen and oxygen atoms in total. The summed E-state index contributed by atoms with van der Waals surface area (Å²) in [4.78, 5) is 6.60. The molecule has 0 aliphatic heterocycles. The van der Waals surface area contributed by atoms with E-state index >= 15 is 0 Å². The lowest BCUT2D eigenvalue weighted by Gasteiger charge is -2.19. The molecule has 0 spiro atoms. The van der Waals surface area contributed by atoms with E-state index in [1.165, 1.54) is 16.8 Å². The molecule has 0 atom stereocenters. The Kier molecular flexibility index (Phi) is 5.29. The average molecular weight is 321 g/mol. The number of ether oxygens (including phenoxy) is 1. The van der Waals surface area contributed by atoms with Crippen molar-refractivity contribution in [3.63, 3.8) is 0 Å². The molecule has 0 aliphatic carbocycles.